The molecule has 1 aliphatic rings. The molecule has 1 unspecified atom stereocenters. The molecule has 2 N–H and O–H groups in total. The number of hydrogen-bond donors (Lipinski definition) is 1. The summed E-state index contributed by atoms with van der Waals surface area (Å²) in [4.78, 5) is 14.3. The zero-order valence-corrected chi connectivity index (χ0v) is 11.9. The van der Waals surface area contributed by atoms with E-state index in [-0.39, 0.29) is 11.7 Å². The van der Waals surface area contributed by atoms with Crippen molar-refractivity contribution in [3.05, 3.63) is 28.2 Å². The summed E-state index contributed by atoms with van der Waals surface area (Å²) in [6.07, 6.45) is 1.77. The molecule has 0 saturated carbocycles. The van der Waals surface area contributed by atoms with E-state index in [0.29, 0.717) is 18.3 Å². The van der Waals surface area contributed by atoms with Crippen molar-refractivity contribution >= 4 is 5.69 Å². The van der Waals surface area contributed by atoms with Gasteiger partial charge in [0.25, 0.3) is 5.56 Å². The van der Waals surface area contributed by atoms with Crippen LogP contribution in [0, 0.1) is 6.92 Å². The Morgan fingerprint density at radius 3 is 2.95 bits per heavy atom. The first kappa shape index (κ1) is 14.1. The van der Waals surface area contributed by atoms with Gasteiger partial charge in [0.2, 0.25) is 0 Å². The lowest BCUT2D eigenvalue weighted by Gasteiger charge is -2.35. The number of pyridine rings is 1. The van der Waals surface area contributed by atoms with Crippen molar-refractivity contribution in [1.29, 1.82) is 0 Å². The van der Waals surface area contributed by atoms with Gasteiger partial charge in [-0.3, -0.25) is 9.69 Å². The van der Waals surface area contributed by atoms with Gasteiger partial charge in [-0.05, 0) is 26.3 Å². The van der Waals surface area contributed by atoms with E-state index in [4.69, 9.17) is 10.5 Å². The summed E-state index contributed by atoms with van der Waals surface area (Å²) < 4.78 is 7.39. The second-order valence-electron chi connectivity index (χ2n) is 5.48. The Morgan fingerprint density at radius 2 is 2.26 bits per heavy atom. The molecule has 2 heterocycles. The zero-order valence-electron chi connectivity index (χ0n) is 11.9. The van der Waals surface area contributed by atoms with Crippen molar-refractivity contribution < 1.29 is 4.74 Å². The summed E-state index contributed by atoms with van der Waals surface area (Å²) in [5, 5.41) is 0. The first-order valence-corrected chi connectivity index (χ1v) is 6.79. The molecule has 0 radical (unpaired) electrons. The van der Waals surface area contributed by atoms with E-state index in [0.717, 1.165) is 25.3 Å². The fourth-order valence-electron chi connectivity index (χ4n) is 2.37. The van der Waals surface area contributed by atoms with Crippen molar-refractivity contribution in [3.8, 4) is 0 Å². The van der Waals surface area contributed by atoms with Crippen molar-refractivity contribution in [2.24, 2.45) is 0 Å². The lowest BCUT2D eigenvalue weighted by molar-refractivity contribution is -0.0459. The highest BCUT2D eigenvalue weighted by Crippen LogP contribution is 2.11. The van der Waals surface area contributed by atoms with Crippen LogP contribution in [0.25, 0.3) is 0 Å². The van der Waals surface area contributed by atoms with Crippen LogP contribution in [0.15, 0.2) is 17.1 Å². The summed E-state index contributed by atoms with van der Waals surface area (Å²) in [6.45, 7) is 9.30. The monoisotopic (exact) mass is 265 g/mol. The third kappa shape index (κ3) is 3.36. The Bertz CT molecular complexity index is 496. The van der Waals surface area contributed by atoms with Crippen molar-refractivity contribution in [1.82, 2.24) is 9.47 Å². The number of ether oxygens (including phenoxy) is 1. The maximum Gasteiger partial charge on any atom is 0.251 e. The minimum Gasteiger partial charge on any atom is -0.397 e. The predicted molar refractivity (Wildman–Crippen MR) is 76.3 cm³/mol. The van der Waals surface area contributed by atoms with Crippen LogP contribution in [0.3, 0.4) is 0 Å². The van der Waals surface area contributed by atoms with Gasteiger partial charge in [0, 0.05) is 31.4 Å². The number of morpholine rings is 1. The molecule has 1 aliphatic heterocycles. The van der Waals surface area contributed by atoms with Crippen LogP contribution >= 0.6 is 0 Å². The Hall–Kier alpha value is -1.33. The molecule has 19 heavy (non-hydrogen) atoms. The van der Waals surface area contributed by atoms with E-state index in [1.165, 1.54) is 0 Å². The molecule has 1 fully saturated rings. The third-order valence-electron chi connectivity index (χ3n) is 3.67. The Balaban J connectivity index is 2.09. The molecule has 0 spiro atoms. The number of aryl methyl sites for hydroxylation is 1. The molecule has 1 atom stereocenters. The van der Waals surface area contributed by atoms with Crippen molar-refractivity contribution in [3.63, 3.8) is 0 Å². The van der Waals surface area contributed by atoms with E-state index >= 15 is 0 Å². The first-order valence-electron chi connectivity index (χ1n) is 6.79. The first-order chi connectivity index (χ1) is 8.97. The van der Waals surface area contributed by atoms with Crippen LogP contribution in [0.1, 0.15) is 19.4 Å². The number of rotatable bonds is 3. The molecule has 1 aromatic heterocycles. The summed E-state index contributed by atoms with van der Waals surface area (Å²) in [6, 6.07) is 2.09. The van der Waals surface area contributed by atoms with Crippen LogP contribution in [-0.2, 0) is 11.3 Å². The fourth-order valence-corrected chi connectivity index (χ4v) is 2.37. The minimum absolute atomic E-state index is 0.0167. The van der Waals surface area contributed by atoms with Crippen LogP contribution in [0.5, 0.6) is 0 Å². The number of hydrogen-bond acceptors (Lipinski definition) is 4. The van der Waals surface area contributed by atoms with Gasteiger partial charge >= 0.3 is 0 Å². The fraction of sp³-hybridized carbons (Fsp3) is 0.643. The van der Waals surface area contributed by atoms with Crippen molar-refractivity contribution in [2.45, 2.75) is 39.5 Å². The molecule has 106 valence electrons. The molecule has 5 nitrogen and oxygen atoms in total. The minimum atomic E-state index is -0.0167. The van der Waals surface area contributed by atoms with E-state index in [1.807, 2.05) is 6.92 Å². The number of nitrogen functional groups attached to an aromatic ring is 1. The molecule has 2 rings (SSSR count). The Kier molecular flexibility index (Phi) is 4.27. The van der Waals surface area contributed by atoms with Gasteiger partial charge in [-0.2, -0.15) is 0 Å². The maximum absolute atomic E-state index is 11.9. The van der Waals surface area contributed by atoms with Gasteiger partial charge in [0.05, 0.1) is 24.9 Å². The van der Waals surface area contributed by atoms with E-state index < -0.39 is 0 Å². The summed E-state index contributed by atoms with van der Waals surface area (Å²) >= 11 is 0. The lowest BCUT2D eigenvalue weighted by Crippen LogP contribution is -2.47. The number of anilines is 1. The second-order valence-corrected chi connectivity index (χ2v) is 5.48. The van der Waals surface area contributed by atoms with Gasteiger partial charge in [0.15, 0.2) is 0 Å². The Morgan fingerprint density at radius 1 is 1.53 bits per heavy atom. The molecule has 5 heteroatoms. The quantitative estimate of drug-likeness (QED) is 0.880. The number of nitrogens with zero attached hydrogens (tertiary/aromatic N) is 2. The molecular formula is C14H23N3O2. The van der Waals surface area contributed by atoms with Crippen molar-refractivity contribution in [2.75, 3.05) is 25.4 Å². The second kappa shape index (κ2) is 5.75. The largest absolute Gasteiger partial charge is 0.397 e. The van der Waals surface area contributed by atoms with Crippen LogP contribution in [0.2, 0.25) is 0 Å². The van der Waals surface area contributed by atoms with Gasteiger partial charge in [0.1, 0.15) is 0 Å². The summed E-state index contributed by atoms with van der Waals surface area (Å²) in [5.41, 5.74) is 7.32. The third-order valence-corrected chi connectivity index (χ3v) is 3.67. The van der Waals surface area contributed by atoms with E-state index in [2.05, 4.69) is 18.7 Å². The van der Waals surface area contributed by atoms with E-state index in [9.17, 15) is 4.79 Å². The molecule has 1 saturated heterocycles. The zero-order chi connectivity index (χ0) is 14.0. The molecule has 0 aromatic carbocycles. The predicted octanol–water partition coefficient (Wildman–Crippen LogP) is 0.848. The average molecular weight is 265 g/mol. The Labute approximate surface area is 114 Å². The summed E-state index contributed by atoms with van der Waals surface area (Å²) in [7, 11) is 0. The highest BCUT2D eigenvalue weighted by Gasteiger charge is 2.22. The van der Waals surface area contributed by atoms with Crippen LogP contribution in [0.4, 0.5) is 5.69 Å². The van der Waals surface area contributed by atoms with Gasteiger partial charge in [-0.1, -0.05) is 0 Å². The normalized spacial score (nSPS) is 20.9. The molecule has 0 bridgehead atoms. The van der Waals surface area contributed by atoms with Crippen LogP contribution in [-0.4, -0.2) is 41.3 Å². The topological polar surface area (TPSA) is 60.5 Å². The summed E-state index contributed by atoms with van der Waals surface area (Å²) in [5.74, 6) is 0. The standard InChI is InChI=1S/C14H23N3O2/c1-10(2)16-4-5-19-12(7-16)8-17-9-13(15)11(3)6-14(17)18/h6,9-10,12H,4-5,7-8,15H2,1-3H3. The van der Waals surface area contributed by atoms with Gasteiger partial charge in [-0.15, -0.1) is 0 Å². The maximum atomic E-state index is 11.9. The lowest BCUT2D eigenvalue weighted by atomic mass is 10.2. The molecular weight excluding hydrogens is 242 g/mol. The van der Waals surface area contributed by atoms with Crippen LogP contribution < -0.4 is 11.3 Å². The molecule has 0 aliphatic carbocycles. The number of aromatic nitrogens is 1. The smallest absolute Gasteiger partial charge is 0.251 e. The number of nitrogens with two attached hydrogens (primary N) is 1. The van der Waals surface area contributed by atoms with Gasteiger partial charge < -0.3 is 15.0 Å². The van der Waals surface area contributed by atoms with Gasteiger partial charge in [-0.25, -0.2) is 0 Å². The average Bonchev–Trinajstić information content (AvgIpc) is 2.36. The molecule has 0 amide bonds. The highest BCUT2D eigenvalue weighted by atomic mass is 16.5. The SMILES string of the molecule is Cc1cc(=O)n(CC2CN(C(C)C)CCO2)cc1N. The molecule has 1 aromatic rings. The van der Waals surface area contributed by atoms with E-state index in [1.54, 1.807) is 16.8 Å². The highest BCUT2D eigenvalue weighted by molar-refractivity contribution is 5.42.